The number of benzene rings is 1. The molecule has 0 radical (unpaired) electrons. The van der Waals surface area contributed by atoms with Gasteiger partial charge in [-0.1, -0.05) is 25.0 Å². The van der Waals surface area contributed by atoms with E-state index in [2.05, 4.69) is 16.8 Å². The van der Waals surface area contributed by atoms with Gasteiger partial charge in [0.05, 0.1) is 6.04 Å². The van der Waals surface area contributed by atoms with E-state index >= 15 is 0 Å². The quantitative estimate of drug-likeness (QED) is 0.780. The molecule has 5 nitrogen and oxygen atoms in total. The smallest absolute Gasteiger partial charge is 0.254 e. The van der Waals surface area contributed by atoms with E-state index in [0.717, 1.165) is 12.8 Å². The molecule has 3 rings (SSSR count). The van der Waals surface area contributed by atoms with E-state index in [1.54, 1.807) is 23.1 Å². The Labute approximate surface area is 160 Å². The number of hydrogen-bond acceptors (Lipinski definition) is 3. The molecular formula is C21H28FN3O2. The maximum absolute atomic E-state index is 13.4. The van der Waals surface area contributed by atoms with Crippen molar-refractivity contribution in [3.8, 4) is 0 Å². The van der Waals surface area contributed by atoms with Gasteiger partial charge in [0.15, 0.2) is 0 Å². The van der Waals surface area contributed by atoms with Crippen molar-refractivity contribution < 1.29 is 14.0 Å². The Morgan fingerprint density at radius 3 is 2.56 bits per heavy atom. The highest BCUT2D eigenvalue weighted by Crippen LogP contribution is 2.31. The largest absolute Gasteiger partial charge is 0.351 e. The first-order chi connectivity index (χ1) is 13.1. The lowest BCUT2D eigenvalue weighted by Crippen LogP contribution is -2.58. The van der Waals surface area contributed by atoms with Crippen LogP contribution in [0.1, 0.15) is 36.0 Å². The molecule has 6 heteroatoms. The fourth-order valence-electron chi connectivity index (χ4n) is 4.24. The molecule has 27 heavy (non-hydrogen) atoms. The Kier molecular flexibility index (Phi) is 6.61. The molecule has 1 saturated heterocycles. The lowest BCUT2D eigenvalue weighted by molar-refractivity contribution is -0.129. The molecule has 0 spiro atoms. The number of amides is 2. The minimum atomic E-state index is -0.403. The first kappa shape index (κ1) is 19.5. The zero-order chi connectivity index (χ0) is 19.2. The lowest BCUT2D eigenvalue weighted by Gasteiger charge is -2.40. The SMILES string of the molecule is C=CCNC(=O)C(C1CCCC1)N1CCN(C(=O)c2cccc(F)c2)CC1. The highest BCUT2D eigenvalue weighted by atomic mass is 19.1. The van der Waals surface area contributed by atoms with Gasteiger partial charge >= 0.3 is 0 Å². The molecule has 1 unspecified atom stereocenters. The monoisotopic (exact) mass is 373 g/mol. The summed E-state index contributed by atoms with van der Waals surface area (Å²) >= 11 is 0. The maximum Gasteiger partial charge on any atom is 0.254 e. The number of carbonyl (C=O) groups is 2. The Morgan fingerprint density at radius 2 is 1.93 bits per heavy atom. The molecule has 1 aromatic rings. The summed E-state index contributed by atoms with van der Waals surface area (Å²) in [6.45, 7) is 6.55. The Balaban J connectivity index is 1.63. The van der Waals surface area contributed by atoms with Gasteiger partial charge < -0.3 is 10.2 Å². The zero-order valence-electron chi connectivity index (χ0n) is 15.7. The normalized spacial score (nSPS) is 19.7. The van der Waals surface area contributed by atoms with Crippen molar-refractivity contribution in [1.29, 1.82) is 0 Å². The Morgan fingerprint density at radius 1 is 1.22 bits per heavy atom. The van der Waals surface area contributed by atoms with Crippen LogP contribution in [0, 0.1) is 11.7 Å². The minimum Gasteiger partial charge on any atom is -0.351 e. The van der Waals surface area contributed by atoms with Crippen LogP contribution in [0.2, 0.25) is 0 Å². The van der Waals surface area contributed by atoms with Gasteiger partial charge in [-0.25, -0.2) is 4.39 Å². The predicted molar refractivity (Wildman–Crippen MR) is 103 cm³/mol. The van der Waals surface area contributed by atoms with Gasteiger partial charge in [-0.2, -0.15) is 0 Å². The van der Waals surface area contributed by atoms with Crippen LogP contribution in [-0.4, -0.2) is 60.4 Å². The molecule has 0 bridgehead atoms. The average molecular weight is 373 g/mol. The van der Waals surface area contributed by atoms with Gasteiger partial charge in [-0.05, 0) is 37.0 Å². The number of carbonyl (C=O) groups excluding carboxylic acids is 2. The summed E-state index contributed by atoms with van der Waals surface area (Å²) in [7, 11) is 0. The van der Waals surface area contributed by atoms with Crippen molar-refractivity contribution in [1.82, 2.24) is 15.1 Å². The van der Waals surface area contributed by atoms with Crippen molar-refractivity contribution >= 4 is 11.8 Å². The second-order valence-electron chi connectivity index (χ2n) is 7.36. The third-order valence-corrected chi connectivity index (χ3v) is 5.60. The molecule has 1 N–H and O–H groups in total. The van der Waals surface area contributed by atoms with E-state index in [0.29, 0.717) is 44.2 Å². The fourth-order valence-corrected chi connectivity index (χ4v) is 4.24. The molecule has 2 fully saturated rings. The number of rotatable bonds is 6. The summed E-state index contributed by atoms with van der Waals surface area (Å²) < 4.78 is 13.4. The van der Waals surface area contributed by atoms with E-state index in [9.17, 15) is 14.0 Å². The first-order valence-electron chi connectivity index (χ1n) is 9.77. The van der Waals surface area contributed by atoms with Crippen LogP contribution in [0.4, 0.5) is 4.39 Å². The van der Waals surface area contributed by atoms with E-state index in [4.69, 9.17) is 0 Å². The first-order valence-corrected chi connectivity index (χ1v) is 9.77. The molecule has 2 aliphatic rings. The second-order valence-corrected chi connectivity index (χ2v) is 7.36. The van der Waals surface area contributed by atoms with E-state index < -0.39 is 5.82 Å². The number of hydrogen-bond donors (Lipinski definition) is 1. The number of piperazine rings is 1. The number of nitrogens with one attached hydrogen (secondary N) is 1. The standard InChI is InChI=1S/C21H28FN3O2/c1-2-10-23-20(26)19(16-6-3-4-7-16)24-11-13-25(14-12-24)21(27)17-8-5-9-18(22)15-17/h2,5,8-9,15-16,19H,1,3-4,6-7,10-14H2,(H,23,26). The molecule has 1 saturated carbocycles. The molecule has 2 amide bonds. The highest BCUT2D eigenvalue weighted by molar-refractivity contribution is 5.94. The van der Waals surface area contributed by atoms with Crippen LogP contribution in [0.25, 0.3) is 0 Å². The average Bonchev–Trinajstić information content (AvgIpc) is 3.21. The molecule has 1 aliphatic heterocycles. The van der Waals surface area contributed by atoms with Crippen molar-refractivity contribution in [2.75, 3.05) is 32.7 Å². The lowest BCUT2D eigenvalue weighted by atomic mass is 9.95. The number of nitrogens with zero attached hydrogens (tertiary/aromatic N) is 2. The highest BCUT2D eigenvalue weighted by Gasteiger charge is 2.37. The van der Waals surface area contributed by atoms with Crippen LogP contribution >= 0.6 is 0 Å². The number of halogens is 1. The van der Waals surface area contributed by atoms with Crippen LogP contribution < -0.4 is 5.32 Å². The summed E-state index contributed by atoms with van der Waals surface area (Å²) in [4.78, 5) is 29.3. The molecule has 1 heterocycles. The summed E-state index contributed by atoms with van der Waals surface area (Å²) in [5.41, 5.74) is 0.375. The van der Waals surface area contributed by atoms with Crippen LogP contribution in [0.15, 0.2) is 36.9 Å². The van der Waals surface area contributed by atoms with E-state index in [1.165, 1.54) is 25.0 Å². The molecule has 146 valence electrons. The van der Waals surface area contributed by atoms with Gasteiger partial charge in [0.25, 0.3) is 5.91 Å². The van der Waals surface area contributed by atoms with Crippen LogP contribution in [-0.2, 0) is 4.79 Å². The second kappa shape index (κ2) is 9.13. The summed E-state index contributed by atoms with van der Waals surface area (Å²) in [6, 6.07) is 5.67. The Bertz CT molecular complexity index is 680. The van der Waals surface area contributed by atoms with E-state index in [-0.39, 0.29) is 17.9 Å². The van der Waals surface area contributed by atoms with Crippen molar-refractivity contribution in [2.24, 2.45) is 5.92 Å². The van der Waals surface area contributed by atoms with Crippen molar-refractivity contribution in [3.63, 3.8) is 0 Å². The minimum absolute atomic E-state index is 0.0618. The maximum atomic E-state index is 13.4. The summed E-state index contributed by atoms with van der Waals surface area (Å²) in [5.74, 6) is -0.116. The molecular weight excluding hydrogens is 345 g/mol. The van der Waals surface area contributed by atoms with Gasteiger partial charge in [0.2, 0.25) is 5.91 Å². The van der Waals surface area contributed by atoms with E-state index in [1.807, 2.05) is 0 Å². The van der Waals surface area contributed by atoms with Crippen LogP contribution in [0.3, 0.4) is 0 Å². The fraction of sp³-hybridized carbons (Fsp3) is 0.524. The zero-order valence-corrected chi connectivity index (χ0v) is 15.7. The van der Waals surface area contributed by atoms with Gasteiger partial charge in [-0.15, -0.1) is 6.58 Å². The Hall–Kier alpha value is -2.21. The molecule has 1 aliphatic carbocycles. The molecule has 1 aromatic carbocycles. The van der Waals surface area contributed by atoms with Gasteiger partial charge in [0.1, 0.15) is 5.82 Å². The summed E-state index contributed by atoms with van der Waals surface area (Å²) in [6.07, 6.45) is 6.20. The molecule has 1 atom stereocenters. The van der Waals surface area contributed by atoms with Crippen molar-refractivity contribution in [3.05, 3.63) is 48.3 Å². The van der Waals surface area contributed by atoms with Crippen LogP contribution in [0.5, 0.6) is 0 Å². The summed E-state index contributed by atoms with van der Waals surface area (Å²) in [5, 5.41) is 2.95. The van der Waals surface area contributed by atoms with Gasteiger partial charge in [0, 0.05) is 38.3 Å². The van der Waals surface area contributed by atoms with Crippen molar-refractivity contribution in [2.45, 2.75) is 31.7 Å². The third-order valence-electron chi connectivity index (χ3n) is 5.60. The predicted octanol–water partition coefficient (Wildman–Crippen LogP) is 2.44. The molecule has 0 aromatic heterocycles. The topological polar surface area (TPSA) is 52.7 Å². The van der Waals surface area contributed by atoms with Gasteiger partial charge in [-0.3, -0.25) is 14.5 Å². The third kappa shape index (κ3) is 4.75.